The molecule has 1 N–H and O–H groups in total. The predicted octanol–water partition coefficient (Wildman–Crippen LogP) is 2.65. The molecule has 0 radical (unpaired) electrons. The highest BCUT2D eigenvalue weighted by molar-refractivity contribution is 7.73. The fourth-order valence-corrected chi connectivity index (χ4v) is 2.11. The van der Waals surface area contributed by atoms with Crippen LogP contribution in [0.2, 0.25) is 0 Å². The van der Waals surface area contributed by atoms with Gasteiger partial charge in [0.15, 0.2) is 3.95 Å². The van der Waals surface area contributed by atoms with Crippen LogP contribution in [-0.2, 0) is 6.54 Å². The lowest BCUT2D eigenvalue weighted by atomic mass is 10.5. The number of nitrogens with zero attached hydrogens (tertiary/aromatic N) is 1. The van der Waals surface area contributed by atoms with E-state index in [1.807, 2.05) is 6.92 Å². The molecule has 60 valence electrons. The van der Waals surface area contributed by atoms with Gasteiger partial charge in [-0.3, -0.25) is 4.57 Å². The van der Waals surface area contributed by atoms with E-state index < -0.39 is 0 Å². The Morgan fingerprint density at radius 2 is 2.45 bits per heavy atom. The van der Waals surface area contributed by atoms with Crippen molar-refractivity contribution in [3.8, 4) is 5.88 Å². The lowest BCUT2D eigenvalue weighted by Gasteiger charge is -1.97. The molecule has 0 aliphatic heterocycles. The van der Waals surface area contributed by atoms with Crippen LogP contribution in [0.15, 0.2) is 6.58 Å². The molecule has 2 nitrogen and oxygen atoms in total. The molecule has 0 spiro atoms. The SMILES string of the molecule is C=Cc1sc(=S)n(CC)c1O. The average molecular weight is 187 g/mol. The van der Waals surface area contributed by atoms with Crippen LogP contribution in [0.5, 0.6) is 5.88 Å². The highest BCUT2D eigenvalue weighted by atomic mass is 32.1. The van der Waals surface area contributed by atoms with E-state index >= 15 is 0 Å². The highest BCUT2D eigenvalue weighted by Crippen LogP contribution is 2.26. The molecule has 0 saturated carbocycles. The molecule has 1 aromatic heterocycles. The Balaban J connectivity index is 3.36. The van der Waals surface area contributed by atoms with Crippen LogP contribution < -0.4 is 0 Å². The summed E-state index contributed by atoms with van der Waals surface area (Å²) in [7, 11) is 0. The number of aromatic hydroxyl groups is 1. The van der Waals surface area contributed by atoms with Crippen LogP contribution in [0, 0.1) is 3.95 Å². The van der Waals surface area contributed by atoms with Crippen molar-refractivity contribution in [2.75, 3.05) is 0 Å². The van der Waals surface area contributed by atoms with E-state index in [1.54, 1.807) is 10.6 Å². The van der Waals surface area contributed by atoms with Crippen LogP contribution in [0.3, 0.4) is 0 Å². The van der Waals surface area contributed by atoms with E-state index in [0.717, 1.165) is 4.88 Å². The summed E-state index contributed by atoms with van der Waals surface area (Å²) in [6.45, 7) is 6.21. The van der Waals surface area contributed by atoms with Gasteiger partial charge in [0, 0.05) is 6.54 Å². The zero-order valence-corrected chi connectivity index (χ0v) is 7.84. The fourth-order valence-electron chi connectivity index (χ4n) is 0.826. The van der Waals surface area contributed by atoms with E-state index in [1.165, 1.54) is 11.3 Å². The largest absolute Gasteiger partial charge is 0.493 e. The second-order valence-corrected chi connectivity index (χ2v) is 3.68. The van der Waals surface area contributed by atoms with Crippen molar-refractivity contribution < 1.29 is 5.11 Å². The molecule has 0 atom stereocenters. The highest BCUT2D eigenvalue weighted by Gasteiger charge is 2.05. The first-order chi connectivity index (χ1) is 5.20. The van der Waals surface area contributed by atoms with Gasteiger partial charge in [-0.1, -0.05) is 6.58 Å². The number of rotatable bonds is 2. The first-order valence-electron chi connectivity index (χ1n) is 3.25. The molecule has 1 heterocycles. The summed E-state index contributed by atoms with van der Waals surface area (Å²) in [4.78, 5) is 0.747. The maximum Gasteiger partial charge on any atom is 0.210 e. The van der Waals surface area contributed by atoms with Crippen molar-refractivity contribution in [2.45, 2.75) is 13.5 Å². The summed E-state index contributed by atoms with van der Waals surface area (Å²) in [6, 6.07) is 0. The molecule has 4 heteroatoms. The maximum atomic E-state index is 9.45. The maximum absolute atomic E-state index is 9.45. The smallest absolute Gasteiger partial charge is 0.210 e. The van der Waals surface area contributed by atoms with Gasteiger partial charge in [0.1, 0.15) is 0 Å². The molecule has 0 aliphatic rings. The molecule has 0 unspecified atom stereocenters. The van der Waals surface area contributed by atoms with E-state index in [-0.39, 0.29) is 5.88 Å². The molecule has 1 aromatic rings. The zero-order chi connectivity index (χ0) is 8.43. The van der Waals surface area contributed by atoms with Gasteiger partial charge < -0.3 is 5.11 Å². The Morgan fingerprint density at radius 3 is 2.73 bits per heavy atom. The second kappa shape index (κ2) is 3.19. The lowest BCUT2D eigenvalue weighted by Crippen LogP contribution is -1.91. The summed E-state index contributed by atoms with van der Waals surface area (Å²) in [5, 5.41) is 9.45. The summed E-state index contributed by atoms with van der Waals surface area (Å²) in [5.74, 6) is 0.234. The van der Waals surface area contributed by atoms with Gasteiger partial charge in [0.05, 0.1) is 4.88 Å². The van der Waals surface area contributed by atoms with Crippen molar-refractivity contribution >= 4 is 29.6 Å². The van der Waals surface area contributed by atoms with Gasteiger partial charge in [-0.25, -0.2) is 0 Å². The van der Waals surface area contributed by atoms with Crippen molar-refractivity contribution in [1.82, 2.24) is 4.57 Å². The molecule has 1 rings (SSSR count). The molecule has 0 aliphatic carbocycles. The quantitative estimate of drug-likeness (QED) is 0.720. The van der Waals surface area contributed by atoms with E-state index in [0.29, 0.717) is 10.5 Å². The molecular weight excluding hydrogens is 178 g/mol. The second-order valence-electron chi connectivity index (χ2n) is 2.00. The standard InChI is InChI=1S/C7H9NOS2/c1-3-5-6(9)8(4-2)7(10)11-5/h3,9H,1,4H2,2H3. The first-order valence-corrected chi connectivity index (χ1v) is 4.48. The molecule has 0 amide bonds. The van der Waals surface area contributed by atoms with Crippen LogP contribution >= 0.6 is 23.6 Å². The van der Waals surface area contributed by atoms with E-state index in [2.05, 4.69) is 6.58 Å². The van der Waals surface area contributed by atoms with Gasteiger partial charge in [-0.15, -0.1) is 11.3 Å². The van der Waals surface area contributed by atoms with Crippen LogP contribution in [0.4, 0.5) is 0 Å². The molecule has 0 fully saturated rings. The van der Waals surface area contributed by atoms with Gasteiger partial charge in [0.2, 0.25) is 5.88 Å². The normalized spacial score (nSPS) is 9.91. The number of hydrogen-bond donors (Lipinski definition) is 1. The topological polar surface area (TPSA) is 25.2 Å². The molecule has 0 saturated heterocycles. The summed E-state index contributed by atoms with van der Waals surface area (Å²) in [6.07, 6.45) is 1.61. The van der Waals surface area contributed by atoms with Crippen molar-refractivity contribution in [3.63, 3.8) is 0 Å². The van der Waals surface area contributed by atoms with Crippen LogP contribution in [0.1, 0.15) is 11.8 Å². The molecule has 0 bridgehead atoms. The fraction of sp³-hybridized carbons (Fsp3) is 0.286. The average Bonchev–Trinajstić information content (AvgIpc) is 2.26. The van der Waals surface area contributed by atoms with Crippen LogP contribution in [-0.4, -0.2) is 9.67 Å². The third-order valence-corrected chi connectivity index (χ3v) is 2.83. The number of aromatic nitrogens is 1. The van der Waals surface area contributed by atoms with Gasteiger partial charge in [-0.05, 0) is 25.2 Å². The van der Waals surface area contributed by atoms with Gasteiger partial charge >= 0.3 is 0 Å². The Morgan fingerprint density at radius 1 is 1.82 bits per heavy atom. The van der Waals surface area contributed by atoms with Gasteiger partial charge in [-0.2, -0.15) is 0 Å². The predicted molar refractivity (Wildman–Crippen MR) is 50.6 cm³/mol. The minimum Gasteiger partial charge on any atom is -0.493 e. The van der Waals surface area contributed by atoms with E-state index in [9.17, 15) is 5.11 Å². The van der Waals surface area contributed by atoms with E-state index in [4.69, 9.17) is 12.2 Å². The minimum atomic E-state index is 0.234. The summed E-state index contributed by atoms with van der Waals surface area (Å²) >= 11 is 6.37. The third-order valence-electron chi connectivity index (χ3n) is 1.40. The Kier molecular flexibility index (Phi) is 2.46. The molecule has 0 aromatic carbocycles. The van der Waals surface area contributed by atoms with Crippen molar-refractivity contribution in [2.24, 2.45) is 0 Å². The summed E-state index contributed by atoms with van der Waals surface area (Å²) in [5.41, 5.74) is 0. The number of thiazole rings is 1. The monoisotopic (exact) mass is 187 g/mol. The lowest BCUT2D eigenvalue weighted by molar-refractivity contribution is 0.419. The summed E-state index contributed by atoms with van der Waals surface area (Å²) < 4.78 is 2.37. The molecule has 11 heavy (non-hydrogen) atoms. The first kappa shape index (κ1) is 8.49. The Bertz CT molecular complexity index is 324. The van der Waals surface area contributed by atoms with Crippen molar-refractivity contribution in [3.05, 3.63) is 15.4 Å². The Hall–Kier alpha value is -0.610. The third kappa shape index (κ3) is 1.36. The zero-order valence-electron chi connectivity index (χ0n) is 6.20. The number of hydrogen-bond acceptors (Lipinski definition) is 3. The molecular formula is C7H9NOS2. The Labute approximate surface area is 74.4 Å². The van der Waals surface area contributed by atoms with Crippen LogP contribution in [0.25, 0.3) is 6.08 Å². The minimum absolute atomic E-state index is 0.234. The van der Waals surface area contributed by atoms with Crippen molar-refractivity contribution in [1.29, 1.82) is 0 Å². The van der Waals surface area contributed by atoms with Gasteiger partial charge in [0.25, 0.3) is 0 Å².